The van der Waals surface area contributed by atoms with E-state index in [1.165, 1.54) is 22.7 Å². The molecule has 118 valence electrons. The van der Waals surface area contributed by atoms with Crippen molar-refractivity contribution in [1.29, 1.82) is 0 Å². The van der Waals surface area contributed by atoms with Gasteiger partial charge in [-0.3, -0.25) is 0 Å². The van der Waals surface area contributed by atoms with Gasteiger partial charge < -0.3 is 29.2 Å². The number of hydrogen-bond acceptors (Lipinski definition) is 8. The van der Waals surface area contributed by atoms with E-state index in [-0.39, 0.29) is 19.8 Å². The molecule has 2 aromatic heterocycles. The summed E-state index contributed by atoms with van der Waals surface area (Å²) in [6, 6.07) is 0. The first kappa shape index (κ1) is 14.1. The highest BCUT2D eigenvalue weighted by atomic mass is 32.1. The van der Waals surface area contributed by atoms with Gasteiger partial charge in [0.25, 0.3) is 0 Å². The van der Waals surface area contributed by atoms with Gasteiger partial charge in [0.05, 0.1) is 23.0 Å². The number of ether oxygens (including phenoxy) is 4. The summed E-state index contributed by atoms with van der Waals surface area (Å²) in [7, 11) is 0. The SMILES string of the molecule is OCC1(CO)COc2c(csc2-c2scc3c2OCCO3)O1. The van der Waals surface area contributed by atoms with Gasteiger partial charge in [-0.2, -0.15) is 0 Å². The highest BCUT2D eigenvalue weighted by Crippen LogP contribution is 2.54. The van der Waals surface area contributed by atoms with E-state index in [0.717, 1.165) is 21.3 Å². The third-order valence-electron chi connectivity index (χ3n) is 3.60. The lowest BCUT2D eigenvalue weighted by Gasteiger charge is -2.34. The zero-order chi connectivity index (χ0) is 15.2. The molecule has 0 spiro atoms. The topological polar surface area (TPSA) is 77.4 Å². The Morgan fingerprint density at radius 1 is 0.909 bits per heavy atom. The van der Waals surface area contributed by atoms with Crippen LogP contribution in [-0.2, 0) is 0 Å². The predicted molar refractivity (Wildman–Crippen MR) is 81.6 cm³/mol. The average molecular weight is 342 g/mol. The third-order valence-corrected chi connectivity index (χ3v) is 5.65. The number of aliphatic hydroxyl groups excluding tert-OH is 2. The fourth-order valence-corrected chi connectivity index (χ4v) is 4.39. The predicted octanol–water partition coefficient (Wildman–Crippen LogP) is 1.74. The summed E-state index contributed by atoms with van der Waals surface area (Å²) in [5.74, 6) is 2.66. The summed E-state index contributed by atoms with van der Waals surface area (Å²) in [4.78, 5) is 1.86. The van der Waals surface area contributed by atoms with E-state index >= 15 is 0 Å². The molecule has 0 aromatic carbocycles. The van der Waals surface area contributed by atoms with Crippen LogP contribution in [0.25, 0.3) is 9.75 Å². The van der Waals surface area contributed by atoms with Crippen LogP contribution in [0.2, 0.25) is 0 Å². The van der Waals surface area contributed by atoms with Crippen LogP contribution in [0.1, 0.15) is 0 Å². The second kappa shape index (κ2) is 5.31. The van der Waals surface area contributed by atoms with Gasteiger partial charge >= 0.3 is 0 Å². The fourth-order valence-electron chi connectivity index (χ4n) is 2.39. The zero-order valence-corrected chi connectivity index (χ0v) is 13.2. The van der Waals surface area contributed by atoms with Gasteiger partial charge in [0, 0.05) is 10.8 Å². The summed E-state index contributed by atoms with van der Waals surface area (Å²) in [6.07, 6.45) is 0. The minimum Gasteiger partial charge on any atom is -0.485 e. The number of thiophene rings is 2. The summed E-state index contributed by atoms with van der Waals surface area (Å²) in [5.41, 5.74) is -1.08. The number of fused-ring (bicyclic) bond motifs is 2. The molecule has 4 heterocycles. The Morgan fingerprint density at radius 2 is 1.55 bits per heavy atom. The van der Waals surface area contributed by atoms with E-state index in [1.807, 2.05) is 10.8 Å². The first-order valence-electron chi connectivity index (χ1n) is 6.79. The Bertz CT molecular complexity index is 688. The molecule has 0 amide bonds. The van der Waals surface area contributed by atoms with E-state index in [1.54, 1.807) is 0 Å². The zero-order valence-electron chi connectivity index (χ0n) is 11.5. The van der Waals surface area contributed by atoms with Gasteiger partial charge in [0.15, 0.2) is 28.6 Å². The van der Waals surface area contributed by atoms with Crippen LogP contribution in [0.5, 0.6) is 23.0 Å². The molecule has 0 fully saturated rings. The second-order valence-corrected chi connectivity index (χ2v) is 6.86. The molecule has 0 atom stereocenters. The Hall–Kier alpha value is -1.48. The third kappa shape index (κ3) is 2.06. The molecule has 4 rings (SSSR count). The van der Waals surface area contributed by atoms with Gasteiger partial charge in [-0.05, 0) is 0 Å². The first-order valence-corrected chi connectivity index (χ1v) is 8.55. The minimum atomic E-state index is -1.08. The molecular weight excluding hydrogens is 328 g/mol. The molecule has 2 aromatic rings. The quantitative estimate of drug-likeness (QED) is 0.885. The van der Waals surface area contributed by atoms with Gasteiger partial charge in [-0.1, -0.05) is 0 Å². The van der Waals surface area contributed by atoms with Crippen LogP contribution < -0.4 is 18.9 Å². The molecule has 8 heteroatoms. The minimum absolute atomic E-state index is 0.0989. The van der Waals surface area contributed by atoms with Crippen molar-refractivity contribution in [1.82, 2.24) is 0 Å². The molecule has 0 unspecified atom stereocenters. The van der Waals surface area contributed by atoms with Crippen molar-refractivity contribution in [3.05, 3.63) is 10.8 Å². The first-order chi connectivity index (χ1) is 10.8. The second-order valence-electron chi connectivity index (χ2n) is 5.10. The summed E-state index contributed by atoms with van der Waals surface area (Å²) in [5, 5.41) is 22.6. The van der Waals surface area contributed by atoms with Gasteiger partial charge in [-0.25, -0.2) is 0 Å². The van der Waals surface area contributed by atoms with E-state index in [2.05, 4.69) is 0 Å². The maximum Gasteiger partial charge on any atom is 0.188 e. The molecule has 0 saturated heterocycles. The maximum atomic E-state index is 9.42. The summed E-state index contributed by atoms with van der Waals surface area (Å²) < 4.78 is 22.8. The fraction of sp³-hybridized carbons (Fsp3) is 0.429. The van der Waals surface area contributed by atoms with E-state index in [0.29, 0.717) is 24.7 Å². The van der Waals surface area contributed by atoms with Crippen LogP contribution in [-0.4, -0.2) is 48.8 Å². The highest BCUT2D eigenvalue weighted by molar-refractivity contribution is 7.21. The lowest BCUT2D eigenvalue weighted by atomic mass is 10.1. The molecule has 6 nitrogen and oxygen atoms in total. The molecule has 2 aliphatic heterocycles. The van der Waals surface area contributed by atoms with Gasteiger partial charge in [0.2, 0.25) is 0 Å². The molecule has 0 radical (unpaired) electrons. The van der Waals surface area contributed by atoms with Crippen LogP contribution >= 0.6 is 22.7 Å². The van der Waals surface area contributed by atoms with Crippen molar-refractivity contribution < 1.29 is 29.2 Å². The number of aliphatic hydroxyl groups is 2. The number of hydrogen-bond donors (Lipinski definition) is 2. The Morgan fingerprint density at radius 3 is 2.27 bits per heavy atom. The molecule has 0 bridgehead atoms. The van der Waals surface area contributed by atoms with Crippen molar-refractivity contribution >= 4 is 22.7 Å². The van der Waals surface area contributed by atoms with E-state index < -0.39 is 5.60 Å². The van der Waals surface area contributed by atoms with Crippen molar-refractivity contribution in [3.63, 3.8) is 0 Å². The van der Waals surface area contributed by atoms with Crippen molar-refractivity contribution in [2.45, 2.75) is 5.60 Å². The largest absolute Gasteiger partial charge is 0.485 e. The van der Waals surface area contributed by atoms with Gasteiger partial charge in [0.1, 0.15) is 19.8 Å². The molecule has 2 aliphatic rings. The van der Waals surface area contributed by atoms with Crippen LogP contribution in [0.15, 0.2) is 10.8 Å². The van der Waals surface area contributed by atoms with Crippen molar-refractivity contribution in [2.75, 3.05) is 33.0 Å². The molecule has 22 heavy (non-hydrogen) atoms. The maximum absolute atomic E-state index is 9.42. The molecular formula is C14H14O6S2. The van der Waals surface area contributed by atoms with Crippen LogP contribution in [0.4, 0.5) is 0 Å². The Labute approximate surface area is 134 Å². The van der Waals surface area contributed by atoms with Crippen molar-refractivity contribution in [2.24, 2.45) is 0 Å². The van der Waals surface area contributed by atoms with E-state index in [9.17, 15) is 10.2 Å². The highest BCUT2D eigenvalue weighted by Gasteiger charge is 2.39. The summed E-state index contributed by atoms with van der Waals surface area (Å²) >= 11 is 3.01. The smallest absolute Gasteiger partial charge is 0.188 e. The monoisotopic (exact) mass is 342 g/mol. The average Bonchev–Trinajstić information content (AvgIpc) is 3.17. The van der Waals surface area contributed by atoms with Crippen LogP contribution in [0, 0.1) is 0 Å². The van der Waals surface area contributed by atoms with Crippen molar-refractivity contribution in [3.8, 4) is 32.8 Å². The lowest BCUT2D eigenvalue weighted by Crippen LogP contribution is -2.51. The summed E-state index contributed by atoms with van der Waals surface area (Å²) in [6.45, 7) is 0.571. The number of rotatable bonds is 3. The normalized spacial score (nSPS) is 18.3. The van der Waals surface area contributed by atoms with E-state index in [4.69, 9.17) is 18.9 Å². The lowest BCUT2D eigenvalue weighted by molar-refractivity contribution is -0.0780. The molecule has 0 aliphatic carbocycles. The molecule has 0 saturated carbocycles. The molecule has 2 N–H and O–H groups in total. The van der Waals surface area contributed by atoms with Gasteiger partial charge in [-0.15, -0.1) is 22.7 Å². The Kier molecular flexibility index (Phi) is 3.41. The van der Waals surface area contributed by atoms with Crippen LogP contribution in [0.3, 0.4) is 0 Å². The Balaban J connectivity index is 1.72. The standard InChI is InChI=1S/C14H14O6S2/c15-5-14(6-16)7-19-11-9(20-14)4-22-13(11)12-10-8(3-21-12)17-1-2-18-10/h3-4,15-16H,1-2,5-7H2.